The first-order valence-corrected chi connectivity index (χ1v) is 9.43. The van der Waals surface area contributed by atoms with E-state index >= 15 is 0 Å². The molecule has 1 aromatic carbocycles. The largest absolute Gasteiger partial charge is 0.311 e. The Morgan fingerprint density at radius 2 is 1.89 bits per heavy atom. The Bertz CT molecular complexity index is 668. The highest BCUT2D eigenvalue weighted by Gasteiger charge is 2.29. The fourth-order valence-electron chi connectivity index (χ4n) is 2.05. The lowest BCUT2D eigenvalue weighted by molar-refractivity contribution is 0.587. The van der Waals surface area contributed by atoms with Gasteiger partial charge in [0.25, 0.3) is 0 Å². The SMILES string of the molecule is CS(=O)(=O)CS(=O)(=O)N1CCNCc2ccccc21. The summed E-state index contributed by atoms with van der Waals surface area (Å²) >= 11 is 0. The second-order valence-corrected chi connectivity index (χ2v) is 8.93. The lowest BCUT2D eigenvalue weighted by Crippen LogP contribution is -2.38. The third-order valence-corrected chi connectivity index (χ3v) is 6.72. The van der Waals surface area contributed by atoms with Crippen LogP contribution in [0.1, 0.15) is 5.56 Å². The molecule has 0 saturated heterocycles. The summed E-state index contributed by atoms with van der Waals surface area (Å²) in [5.74, 6) is 0. The van der Waals surface area contributed by atoms with Crippen molar-refractivity contribution in [1.82, 2.24) is 5.32 Å². The lowest BCUT2D eigenvalue weighted by Gasteiger charge is -2.23. The number of anilines is 1. The normalized spacial score (nSPS) is 16.8. The van der Waals surface area contributed by atoms with E-state index in [4.69, 9.17) is 0 Å². The van der Waals surface area contributed by atoms with Crippen molar-refractivity contribution in [3.8, 4) is 0 Å². The van der Waals surface area contributed by atoms with E-state index in [9.17, 15) is 16.8 Å². The number of fused-ring (bicyclic) bond motifs is 1. The van der Waals surface area contributed by atoms with E-state index in [-0.39, 0.29) is 6.54 Å². The Hall–Kier alpha value is -1.12. The fraction of sp³-hybridized carbons (Fsp3) is 0.455. The highest BCUT2D eigenvalue weighted by atomic mass is 32.3. The second kappa shape index (κ2) is 5.10. The molecule has 0 atom stereocenters. The van der Waals surface area contributed by atoms with Crippen LogP contribution in [0.4, 0.5) is 5.69 Å². The zero-order valence-electron chi connectivity index (χ0n) is 10.5. The van der Waals surface area contributed by atoms with Gasteiger partial charge in [0, 0.05) is 25.9 Å². The van der Waals surface area contributed by atoms with Gasteiger partial charge in [-0.3, -0.25) is 4.31 Å². The van der Waals surface area contributed by atoms with Crippen molar-refractivity contribution in [3.63, 3.8) is 0 Å². The van der Waals surface area contributed by atoms with Crippen molar-refractivity contribution in [1.29, 1.82) is 0 Å². The molecule has 0 fully saturated rings. The van der Waals surface area contributed by atoms with Crippen molar-refractivity contribution in [2.45, 2.75) is 6.54 Å². The van der Waals surface area contributed by atoms with Gasteiger partial charge in [-0.1, -0.05) is 18.2 Å². The molecule has 0 saturated carbocycles. The van der Waals surface area contributed by atoms with Crippen LogP contribution in [0.15, 0.2) is 24.3 Å². The van der Waals surface area contributed by atoms with Crippen molar-refractivity contribution in [2.75, 3.05) is 28.7 Å². The average Bonchev–Trinajstić information content (AvgIpc) is 2.47. The van der Waals surface area contributed by atoms with Crippen LogP contribution >= 0.6 is 0 Å². The van der Waals surface area contributed by atoms with E-state index in [1.54, 1.807) is 12.1 Å². The van der Waals surface area contributed by atoms with Gasteiger partial charge in [0.15, 0.2) is 14.9 Å². The Labute approximate surface area is 113 Å². The molecule has 0 aromatic heterocycles. The molecule has 6 nitrogen and oxygen atoms in total. The van der Waals surface area contributed by atoms with Gasteiger partial charge in [0.05, 0.1) is 5.69 Å². The number of rotatable bonds is 3. The van der Waals surface area contributed by atoms with Gasteiger partial charge in [0.1, 0.15) is 0 Å². The predicted octanol–water partition coefficient (Wildman–Crippen LogP) is -0.0719. The zero-order valence-corrected chi connectivity index (χ0v) is 12.2. The van der Waals surface area contributed by atoms with Crippen LogP contribution in [0.25, 0.3) is 0 Å². The maximum atomic E-state index is 12.2. The average molecular weight is 304 g/mol. The molecule has 1 aliphatic heterocycles. The van der Waals surface area contributed by atoms with Crippen molar-refractivity contribution >= 4 is 25.5 Å². The summed E-state index contributed by atoms with van der Waals surface area (Å²) in [6.07, 6.45) is 0.923. The molecule has 0 aliphatic carbocycles. The van der Waals surface area contributed by atoms with E-state index in [1.165, 1.54) is 4.31 Å². The highest BCUT2D eigenvalue weighted by Crippen LogP contribution is 2.25. The first-order valence-electron chi connectivity index (χ1n) is 5.76. The third-order valence-electron chi connectivity index (χ3n) is 2.77. The van der Waals surface area contributed by atoms with E-state index < -0.39 is 24.9 Å². The van der Waals surface area contributed by atoms with Crippen LogP contribution in [-0.2, 0) is 26.4 Å². The number of para-hydroxylation sites is 1. The number of sulfonamides is 1. The van der Waals surface area contributed by atoms with Crippen LogP contribution < -0.4 is 9.62 Å². The molecule has 0 spiro atoms. The maximum Gasteiger partial charge on any atom is 0.249 e. The fourth-order valence-corrected chi connectivity index (χ4v) is 5.57. The van der Waals surface area contributed by atoms with Crippen LogP contribution in [0.3, 0.4) is 0 Å². The Kier molecular flexibility index (Phi) is 3.84. The first kappa shape index (κ1) is 14.3. The lowest BCUT2D eigenvalue weighted by atomic mass is 10.2. The van der Waals surface area contributed by atoms with Crippen LogP contribution in [0, 0.1) is 0 Å². The minimum Gasteiger partial charge on any atom is -0.311 e. The van der Waals surface area contributed by atoms with Gasteiger partial charge >= 0.3 is 0 Å². The van der Waals surface area contributed by atoms with E-state index in [2.05, 4.69) is 5.32 Å². The van der Waals surface area contributed by atoms with Crippen molar-refractivity contribution in [3.05, 3.63) is 29.8 Å². The van der Waals surface area contributed by atoms with Crippen LogP contribution in [-0.4, -0.2) is 41.3 Å². The minimum absolute atomic E-state index is 0.231. The summed E-state index contributed by atoms with van der Waals surface area (Å²) in [7, 11) is -7.47. The monoisotopic (exact) mass is 304 g/mol. The molecule has 0 amide bonds. The molecule has 0 unspecified atom stereocenters. The quantitative estimate of drug-likeness (QED) is 0.845. The zero-order chi connectivity index (χ0) is 14.1. The Balaban J connectivity index is 2.45. The van der Waals surface area contributed by atoms with Gasteiger partial charge in [-0.05, 0) is 11.6 Å². The first-order chi connectivity index (χ1) is 8.80. The maximum absolute atomic E-state index is 12.2. The summed E-state index contributed by atoms with van der Waals surface area (Å²) in [6, 6.07) is 7.10. The molecule has 1 aromatic rings. The van der Waals surface area contributed by atoms with Gasteiger partial charge < -0.3 is 5.32 Å². The van der Waals surface area contributed by atoms with Gasteiger partial charge in [-0.2, -0.15) is 0 Å². The number of benzene rings is 1. The van der Waals surface area contributed by atoms with Crippen molar-refractivity contribution in [2.24, 2.45) is 0 Å². The molecular weight excluding hydrogens is 288 g/mol. The van der Waals surface area contributed by atoms with E-state index in [1.807, 2.05) is 12.1 Å². The topological polar surface area (TPSA) is 83.5 Å². The molecule has 106 valence electrons. The number of nitrogens with zero attached hydrogens (tertiary/aromatic N) is 1. The summed E-state index contributed by atoms with van der Waals surface area (Å²) in [5.41, 5.74) is 1.40. The Morgan fingerprint density at radius 1 is 1.21 bits per heavy atom. The second-order valence-electron chi connectivity index (χ2n) is 4.53. The molecule has 0 radical (unpaired) electrons. The van der Waals surface area contributed by atoms with Crippen LogP contribution in [0.5, 0.6) is 0 Å². The molecule has 1 N–H and O–H groups in total. The molecule has 1 aliphatic rings. The number of sulfone groups is 1. The molecule has 1 heterocycles. The summed E-state index contributed by atoms with van der Waals surface area (Å²) in [4.78, 5) is 0. The molecular formula is C11H16N2O4S2. The number of hydrogen-bond donors (Lipinski definition) is 1. The van der Waals surface area contributed by atoms with Gasteiger partial charge in [-0.15, -0.1) is 0 Å². The smallest absolute Gasteiger partial charge is 0.249 e. The molecule has 2 rings (SSSR count). The number of hydrogen-bond acceptors (Lipinski definition) is 5. The summed E-state index contributed by atoms with van der Waals surface area (Å²) in [6.45, 7) is 1.29. The molecule has 8 heteroatoms. The minimum atomic E-state index is -3.87. The highest BCUT2D eigenvalue weighted by molar-refractivity contribution is 8.08. The van der Waals surface area contributed by atoms with Crippen molar-refractivity contribution < 1.29 is 16.8 Å². The van der Waals surface area contributed by atoms with E-state index in [0.29, 0.717) is 18.8 Å². The number of nitrogens with one attached hydrogen (secondary N) is 1. The summed E-state index contributed by atoms with van der Waals surface area (Å²) in [5, 5.41) is 2.25. The third kappa shape index (κ3) is 3.46. The molecule has 0 bridgehead atoms. The standard InChI is InChI=1S/C11H16N2O4S2/c1-18(14,15)9-19(16,17)13-7-6-12-8-10-4-2-3-5-11(10)13/h2-5,12H,6-9H2,1H3. The predicted molar refractivity (Wildman–Crippen MR) is 74.1 cm³/mol. The Morgan fingerprint density at radius 3 is 2.58 bits per heavy atom. The van der Waals surface area contributed by atoms with E-state index in [0.717, 1.165) is 11.8 Å². The van der Waals surface area contributed by atoms with Gasteiger partial charge in [0.2, 0.25) is 10.0 Å². The van der Waals surface area contributed by atoms with Crippen LogP contribution in [0.2, 0.25) is 0 Å². The molecule has 19 heavy (non-hydrogen) atoms. The summed E-state index contributed by atoms with van der Waals surface area (Å²) < 4.78 is 48.2. The van der Waals surface area contributed by atoms with Gasteiger partial charge in [-0.25, -0.2) is 16.8 Å².